The van der Waals surface area contributed by atoms with Crippen LogP contribution in [-0.2, 0) is 23.1 Å². The summed E-state index contributed by atoms with van der Waals surface area (Å²) in [7, 11) is 0. The number of aryl methyl sites for hydroxylation is 1. The van der Waals surface area contributed by atoms with Crippen LogP contribution in [-0.4, -0.2) is 38.7 Å². The topological polar surface area (TPSA) is 79.3 Å². The number of aromatic nitrogens is 2. The van der Waals surface area contributed by atoms with Crippen molar-refractivity contribution in [1.29, 1.82) is 0 Å². The van der Waals surface area contributed by atoms with Crippen molar-refractivity contribution in [2.24, 2.45) is 5.92 Å². The number of amides is 3. The highest BCUT2D eigenvalue weighted by atomic mass is 19.1. The van der Waals surface area contributed by atoms with E-state index >= 15 is 0 Å². The quantitative estimate of drug-likeness (QED) is 0.219. The van der Waals surface area contributed by atoms with Gasteiger partial charge in [-0.2, -0.15) is 5.10 Å². The van der Waals surface area contributed by atoms with Gasteiger partial charge in [-0.3, -0.25) is 10.1 Å². The van der Waals surface area contributed by atoms with Crippen LogP contribution in [0, 0.1) is 24.5 Å². The Morgan fingerprint density at radius 1 is 0.913 bits per heavy atom. The van der Waals surface area contributed by atoms with Crippen LogP contribution >= 0.6 is 0 Å². The number of carbonyl (C=O) groups excluding carboxylic acids is 2. The van der Waals surface area contributed by atoms with Gasteiger partial charge in [-0.05, 0) is 86.4 Å². The van der Waals surface area contributed by atoms with Gasteiger partial charge < -0.3 is 10.2 Å². The second-order valence-corrected chi connectivity index (χ2v) is 13.8. The maximum Gasteiger partial charge on any atom is 0.324 e. The molecule has 2 aliphatic rings. The highest BCUT2D eigenvalue weighted by Gasteiger charge is 2.43. The van der Waals surface area contributed by atoms with Crippen LogP contribution in [0.3, 0.4) is 0 Å². The predicted molar refractivity (Wildman–Crippen MR) is 176 cm³/mol. The zero-order valence-corrected chi connectivity index (χ0v) is 26.8. The zero-order valence-electron chi connectivity index (χ0n) is 26.8. The summed E-state index contributed by atoms with van der Waals surface area (Å²) < 4.78 is 29.3. The molecule has 2 saturated heterocycles. The smallest absolute Gasteiger partial charge is 0.324 e. The molecule has 4 aromatic rings. The number of fused-ring (bicyclic) bond motifs is 2. The summed E-state index contributed by atoms with van der Waals surface area (Å²) in [5, 5.41) is 10.8. The molecule has 0 saturated carbocycles. The second-order valence-electron chi connectivity index (χ2n) is 13.8. The van der Waals surface area contributed by atoms with Crippen LogP contribution in [0.2, 0.25) is 0 Å². The Balaban J connectivity index is 1.09. The number of benzene rings is 3. The van der Waals surface area contributed by atoms with Crippen LogP contribution in [0.5, 0.6) is 0 Å². The van der Waals surface area contributed by atoms with E-state index in [1.54, 1.807) is 4.68 Å². The molecule has 2 fully saturated rings. The summed E-state index contributed by atoms with van der Waals surface area (Å²) >= 11 is 0. The molecule has 0 aliphatic carbocycles. The van der Waals surface area contributed by atoms with Crippen molar-refractivity contribution in [3.05, 3.63) is 107 Å². The number of urea groups is 1. The van der Waals surface area contributed by atoms with Crippen LogP contribution in [0.25, 0.3) is 5.69 Å². The highest BCUT2D eigenvalue weighted by Crippen LogP contribution is 2.40. The third-order valence-corrected chi connectivity index (χ3v) is 9.18. The molecule has 2 aliphatic heterocycles. The molecule has 3 aromatic carbocycles. The number of piperidine rings is 1. The maximum absolute atomic E-state index is 14.2. The minimum atomic E-state index is -0.677. The Hall–Kier alpha value is -4.53. The number of hydrogen-bond acceptors (Lipinski definition) is 3. The number of carbonyl (C=O) groups is 2. The largest absolute Gasteiger partial charge is 0.336 e. The Morgan fingerprint density at radius 3 is 2.30 bits per heavy atom. The molecule has 2 bridgehead atoms. The van der Waals surface area contributed by atoms with Gasteiger partial charge >= 0.3 is 6.03 Å². The van der Waals surface area contributed by atoms with Gasteiger partial charge in [-0.1, -0.05) is 56.7 Å². The molecule has 240 valence electrons. The number of nitrogens with one attached hydrogen (secondary N) is 2. The molecular formula is C37H41F2N5O2. The first-order chi connectivity index (χ1) is 21.9. The standard InChI is InChI=1S/C37H41F2N5O2/c1-23-8-12-29(13-9-23)44-34(22-33(42-44)37(2,3)4)41-36(46)40-28-7-5-6-24(17-28)16-25-18-30-14-15-31(19-25)43(30)35(45)20-26-10-11-27(38)21-32(26)39/h5-13,17,21-22,25,30-31H,14-16,18-20H2,1-4H3,(H2,40,41,46). The van der Waals surface area contributed by atoms with Crippen LogP contribution in [0.1, 0.15) is 68.8 Å². The average molecular weight is 626 g/mol. The van der Waals surface area contributed by atoms with Crippen LogP contribution < -0.4 is 10.6 Å². The summed E-state index contributed by atoms with van der Waals surface area (Å²) in [4.78, 5) is 28.3. The van der Waals surface area contributed by atoms with Gasteiger partial charge in [0.2, 0.25) is 5.91 Å². The molecule has 0 radical (unpaired) electrons. The van der Waals surface area contributed by atoms with E-state index in [0.717, 1.165) is 60.7 Å². The normalized spacial score (nSPS) is 19.3. The first-order valence-electron chi connectivity index (χ1n) is 16.0. The van der Waals surface area contributed by atoms with Crippen LogP contribution in [0.4, 0.5) is 25.1 Å². The third kappa shape index (κ3) is 6.98. The van der Waals surface area contributed by atoms with Gasteiger partial charge in [0.15, 0.2) is 0 Å². The fraction of sp³-hybridized carbons (Fsp3) is 0.378. The average Bonchev–Trinajstić information content (AvgIpc) is 3.53. The first kappa shape index (κ1) is 31.5. The van der Waals surface area contributed by atoms with Crippen molar-refractivity contribution in [2.75, 3.05) is 10.6 Å². The van der Waals surface area contributed by atoms with Gasteiger partial charge in [-0.15, -0.1) is 0 Å². The molecule has 9 heteroatoms. The van der Waals surface area contributed by atoms with Gasteiger partial charge in [-0.25, -0.2) is 18.3 Å². The molecule has 0 spiro atoms. The van der Waals surface area contributed by atoms with Gasteiger partial charge in [0.1, 0.15) is 17.5 Å². The summed E-state index contributed by atoms with van der Waals surface area (Å²) in [5.41, 5.74) is 4.73. The van der Waals surface area contributed by atoms with E-state index in [2.05, 4.69) is 37.5 Å². The van der Waals surface area contributed by atoms with Crippen molar-refractivity contribution in [1.82, 2.24) is 14.7 Å². The minimum Gasteiger partial charge on any atom is -0.336 e. The lowest BCUT2D eigenvalue weighted by molar-refractivity contribution is -0.135. The van der Waals surface area contributed by atoms with E-state index in [1.807, 2.05) is 60.4 Å². The Bertz CT molecular complexity index is 1730. The Kier molecular flexibility index (Phi) is 8.68. The zero-order chi connectivity index (χ0) is 32.6. The van der Waals surface area contributed by atoms with Crippen molar-refractivity contribution >= 4 is 23.4 Å². The molecule has 46 heavy (non-hydrogen) atoms. The monoisotopic (exact) mass is 625 g/mol. The molecule has 3 heterocycles. The molecule has 2 atom stereocenters. The van der Waals surface area contributed by atoms with Crippen molar-refractivity contribution in [2.45, 2.75) is 83.7 Å². The second kappa shape index (κ2) is 12.7. The van der Waals surface area contributed by atoms with Crippen molar-refractivity contribution < 1.29 is 18.4 Å². The van der Waals surface area contributed by atoms with E-state index in [4.69, 9.17) is 5.10 Å². The summed E-state index contributed by atoms with van der Waals surface area (Å²) in [5.74, 6) is -0.430. The molecule has 1 aromatic heterocycles. The highest BCUT2D eigenvalue weighted by molar-refractivity contribution is 5.99. The fourth-order valence-corrected chi connectivity index (χ4v) is 6.89. The van der Waals surface area contributed by atoms with Crippen LogP contribution in [0.15, 0.2) is 72.8 Å². The number of rotatable bonds is 7. The number of anilines is 2. The maximum atomic E-state index is 14.2. The summed E-state index contributed by atoms with van der Waals surface area (Å²) in [6.45, 7) is 8.30. The predicted octanol–water partition coefficient (Wildman–Crippen LogP) is 7.96. The lowest BCUT2D eigenvalue weighted by Gasteiger charge is -2.39. The van der Waals surface area contributed by atoms with E-state index in [9.17, 15) is 18.4 Å². The van der Waals surface area contributed by atoms with Crippen molar-refractivity contribution in [3.63, 3.8) is 0 Å². The number of halogens is 2. The molecule has 6 rings (SSSR count). The first-order valence-corrected chi connectivity index (χ1v) is 16.0. The lowest BCUT2D eigenvalue weighted by Crippen LogP contribution is -2.47. The summed E-state index contributed by atoms with van der Waals surface area (Å²) in [6.07, 6.45) is 4.43. The van der Waals surface area contributed by atoms with Gasteiger partial charge in [0.05, 0.1) is 17.8 Å². The summed E-state index contributed by atoms with van der Waals surface area (Å²) in [6, 6.07) is 21.1. The van der Waals surface area contributed by atoms with E-state index in [1.165, 1.54) is 12.1 Å². The third-order valence-electron chi connectivity index (χ3n) is 9.18. The van der Waals surface area contributed by atoms with E-state index in [-0.39, 0.29) is 41.4 Å². The molecule has 2 N–H and O–H groups in total. The fourth-order valence-electron chi connectivity index (χ4n) is 6.89. The van der Waals surface area contributed by atoms with E-state index in [0.29, 0.717) is 17.4 Å². The Morgan fingerprint density at radius 2 is 1.63 bits per heavy atom. The van der Waals surface area contributed by atoms with Gasteiger partial charge in [0.25, 0.3) is 0 Å². The molecule has 7 nitrogen and oxygen atoms in total. The molecule has 3 amide bonds. The van der Waals surface area contributed by atoms with Gasteiger partial charge in [0, 0.05) is 35.3 Å². The molecule has 2 unspecified atom stereocenters. The number of nitrogens with zero attached hydrogens (tertiary/aromatic N) is 3. The minimum absolute atomic E-state index is 0.0527. The molecular weight excluding hydrogens is 584 g/mol. The number of hydrogen-bond donors (Lipinski definition) is 2. The van der Waals surface area contributed by atoms with E-state index < -0.39 is 11.6 Å². The van der Waals surface area contributed by atoms with Crippen molar-refractivity contribution in [3.8, 4) is 5.69 Å². The Labute approximate surface area is 269 Å². The SMILES string of the molecule is Cc1ccc(-n2nc(C(C)(C)C)cc2NC(=O)Nc2cccc(CC3CC4CCC(C3)N4C(=O)Cc3ccc(F)cc3F)c2)cc1. The lowest BCUT2D eigenvalue weighted by atomic mass is 9.85.